The number of benzene rings is 1. The molecule has 0 fully saturated rings. The summed E-state index contributed by atoms with van der Waals surface area (Å²) >= 11 is 0. The minimum absolute atomic E-state index is 0.161. The normalized spacial score (nSPS) is 19.0. The molecule has 22 heavy (non-hydrogen) atoms. The molecule has 120 valence electrons. The first kappa shape index (κ1) is 16.1. The monoisotopic (exact) mass is 308 g/mol. The topological polar surface area (TPSA) is 89.4 Å². The van der Waals surface area contributed by atoms with Gasteiger partial charge in [-0.3, -0.25) is 4.79 Å². The second-order valence-corrected chi connectivity index (χ2v) is 4.99. The maximum Gasteiger partial charge on any atom is 0.240 e. The van der Waals surface area contributed by atoms with Crippen LogP contribution >= 0.6 is 0 Å². The van der Waals surface area contributed by atoms with Crippen LogP contribution in [0.15, 0.2) is 17.2 Å². The van der Waals surface area contributed by atoms with E-state index in [1.165, 1.54) is 21.3 Å². The van der Waals surface area contributed by atoms with Crippen molar-refractivity contribution >= 4 is 11.6 Å². The summed E-state index contributed by atoms with van der Waals surface area (Å²) in [4.78, 5) is 11.5. The number of nitrogens with zero attached hydrogens (tertiary/aromatic N) is 1. The molecule has 0 saturated heterocycles. The Balaban J connectivity index is 2.44. The lowest BCUT2D eigenvalue weighted by Gasteiger charge is -2.27. The lowest BCUT2D eigenvalue weighted by molar-refractivity contribution is -0.122. The molecule has 1 heterocycles. The molecule has 0 bridgehead atoms. The number of carbonyl (C=O) groups excluding carboxylic acids is 1. The van der Waals surface area contributed by atoms with E-state index in [9.17, 15) is 9.90 Å². The van der Waals surface area contributed by atoms with Gasteiger partial charge in [-0.15, -0.1) is 0 Å². The minimum atomic E-state index is -0.940. The Morgan fingerprint density at radius 1 is 1.18 bits per heavy atom. The minimum Gasteiger partial charge on any atom is -0.496 e. The van der Waals surface area contributed by atoms with E-state index < -0.39 is 12.0 Å². The fourth-order valence-electron chi connectivity index (χ4n) is 2.47. The molecule has 0 aliphatic carbocycles. The Morgan fingerprint density at radius 2 is 1.77 bits per heavy atom. The van der Waals surface area contributed by atoms with Crippen LogP contribution in [0.2, 0.25) is 0 Å². The van der Waals surface area contributed by atoms with Crippen molar-refractivity contribution in [2.75, 3.05) is 21.3 Å². The average molecular weight is 308 g/mol. The lowest BCUT2D eigenvalue weighted by atomic mass is 9.87. The second kappa shape index (κ2) is 6.65. The summed E-state index contributed by atoms with van der Waals surface area (Å²) in [5.74, 6) is 0.799. The fourth-order valence-corrected chi connectivity index (χ4v) is 2.47. The van der Waals surface area contributed by atoms with E-state index in [0.29, 0.717) is 28.5 Å². The Hall–Kier alpha value is -2.28. The van der Waals surface area contributed by atoms with Gasteiger partial charge in [-0.2, -0.15) is 5.10 Å². The third-order valence-electron chi connectivity index (χ3n) is 3.73. The third kappa shape index (κ3) is 2.99. The number of aliphatic hydroxyl groups is 1. The van der Waals surface area contributed by atoms with Gasteiger partial charge in [0.2, 0.25) is 5.91 Å². The molecule has 1 aliphatic rings. The van der Waals surface area contributed by atoms with Crippen LogP contribution in [0.5, 0.6) is 17.2 Å². The van der Waals surface area contributed by atoms with Crippen LogP contribution in [0.25, 0.3) is 0 Å². The molecule has 2 atom stereocenters. The van der Waals surface area contributed by atoms with E-state index in [1.807, 2.05) is 0 Å². The van der Waals surface area contributed by atoms with Crippen LogP contribution < -0.4 is 19.6 Å². The van der Waals surface area contributed by atoms with Gasteiger partial charge in [-0.25, -0.2) is 5.43 Å². The Bertz CT molecular complexity index is 600. The van der Waals surface area contributed by atoms with Gasteiger partial charge in [0.15, 0.2) is 11.5 Å². The predicted molar refractivity (Wildman–Crippen MR) is 80.4 cm³/mol. The number of carbonyl (C=O) groups is 1. The standard InChI is InChI=1S/C15H20N2O5/c1-8-9(6-14(18)17-16-8)15(19)10-5-12(21-3)13(22-4)7-11(10)20-2/h5,7,9,15,19H,6H2,1-4H3,(H,17,18)/t9-,15+/m1/s1. The van der Waals surface area contributed by atoms with Gasteiger partial charge >= 0.3 is 0 Å². The molecule has 1 aromatic carbocycles. The summed E-state index contributed by atoms with van der Waals surface area (Å²) in [7, 11) is 4.54. The molecule has 0 unspecified atom stereocenters. The molecule has 1 aromatic rings. The largest absolute Gasteiger partial charge is 0.496 e. The highest BCUT2D eigenvalue weighted by atomic mass is 16.5. The molecule has 0 saturated carbocycles. The molecule has 1 aliphatic heterocycles. The molecule has 0 radical (unpaired) electrons. The van der Waals surface area contributed by atoms with E-state index in [4.69, 9.17) is 14.2 Å². The van der Waals surface area contributed by atoms with E-state index in [0.717, 1.165) is 0 Å². The molecule has 2 N–H and O–H groups in total. The molecule has 2 rings (SSSR count). The number of hydrazone groups is 1. The van der Waals surface area contributed by atoms with Crippen molar-refractivity contribution in [1.29, 1.82) is 0 Å². The number of hydrogen-bond donors (Lipinski definition) is 2. The predicted octanol–water partition coefficient (Wildman–Crippen LogP) is 1.26. The van der Waals surface area contributed by atoms with Gasteiger partial charge in [0.05, 0.1) is 27.4 Å². The number of aliphatic hydroxyl groups excluding tert-OH is 1. The van der Waals surface area contributed by atoms with E-state index in [-0.39, 0.29) is 12.3 Å². The molecule has 0 aromatic heterocycles. The zero-order valence-corrected chi connectivity index (χ0v) is 13.0. The van der Waals surface area contributed by atoms with Crippen molar-refractivity contribution in [2.45, 2.75) is 19.4 Å². The fraction of sp³-hybridized carbons (Fsp3) is 0.467. The second-order valence-electron chi connectivity index (χ2n) is 4.99. The highest BCUT2D eigenvalue weighted by Crippen LogP contribution is 2.40. The first-order chi connectivity index (χ1) is 10.5. The maximum atomic E-state index is 11.5. The molecular weight excluding hydrogens is 288 g/mol. The number of hydrogen-bond acceptors (Lipinski definition) is 6. The lowest BCUT2D eigenvalue weighted by Crippen LogP contribution is -2.34. The summed E-state index contributed by atoms with van der Waals surface area (Å²) in [5, 5.41) is 14.6. The average Bonchev–Trinajstić information content (AvgIpc) is 2.54. The van der Waals surface area contributed by atoms with Crippen LogP contribution in [0.1, 0.15) is 25.0 Å². The van der Waals surface area contributed by atoms with Crippen molar-refractivity contribution < 1.29 is 24.1 Å². The smallest absolute Gasteiger partial charge is 0.240 e. The number of nitrogens with one attached hydrogen (secondary N) is 1. The van der Waals surface area contributed by atoms with Gasteiger partial charge < -0.3 is 19.3 Å². The van der Waals surface area contributed by atoms with Gasteiger partial charge in [0.1, 0.15) is 5.75 Å². The molecule has 1 amide bonds. The van der Waals surface area contributed by atoms with Gasteiger partial charge in [-0.1, -0.05) is 0 Å². The first-order valence-electron chi connectivity index (χ1n) is 6.82. The van der Waals surface area contributed by atoms with Crippen molar-refractivity contribution in [3.05, 3.63) is 17.7 Å². The van der Waals surface area contributed by atoms with Crippen LogP contribution in [-0.2, 0) is 4.79 Å². The van der Waals surface area contributed by atoms with Gasteiger partial charge in [0, 0.05) is 29.7 Å². The summed E-state index contributed by atoms with van der Waals surface area (Å²) in [6, 6.07) is 3.30. The summed E-state index contributed by atoms with van der Waals surface area (Å²) < 4.78 is 15.8. The van der Waals surface area contributed by atoms with Crippen molar-refractivity contribution in [2.24, 2.45) is 11.0 Å². The van der Waals surface area contributed by atoms with Gasteiger partial charge in [0.25, 0.3) is 0 Å². The Morgan fingerprint density at radius 3 is 2.36 bits per heavy atom. The van der Waals surface area contributed by atoms with E-state index >= 15 is 0 Å². The van der Waals surface area contributed by atoms with Crippen molar-refractivity contribution in [3.63, 3.8) is 0 Å². The molecule has 0 spiro atoms. The van der Waals surface area contributed by atoms with E-state index in [1.54, 1.807) is 19.1 Å². The van der Waals surface area contributed by atoms with Crippen molar-refractivity contribution in [1.82, 2.24) is 5.43 Å². The highest BCUT2D eigenvalue weighted by molar-refractivity contribution is 5.93. The van der Waals surface area contributed by atoms with Gasteiger partial charge in [-0.05, 0) is 13.0 Å². The number of methoxy groups -OCH3 is 3. The quantitative estimate of drug-likeness (QED) is 0.854. The first-order valence-corrected chi connectivity index (χ1v) is 6.82. The summed E-state index contributed by atoms with van der Waals surface area (Å²) in [6.07, 6.45) is -0.780. The van der Waals surface area contributed by atoms with E-state index in [2.05, 4.69) is 10.5 Å². The molecule has 7 heteroatoms. The summed E-state index contributed by atoms with van der Waals surface area (Å²) in [6.45, 7) is 1.76. The van der Waals surface area contributed by atoms with Crippen LogP contribution in [-0.4, -0.2) is 38.1 Å². The zero-order valence-electron chi connectivity index (χ0n) is 13.0. The Kier molecular flexibility index (Phi) is 4.87. The summed E-state index contributed by atoms with van der Waals surface area (Å²) in [5.41, 5.74) is 3.58. The Labute approximate surface area is 128 Å². The van der Waals surface area contributed by atoms with Crippen LogP contribution in [0.4, 0.5) is 0 Å². The number of amides is 1. The van der Waals surface area contributed by atoms with Crippen LogP contribution in [0.3, 0.4) is 0 Å². The maximum absolute atomic E-state index is 11.5. The number of ether oxygens (including phenoxy) is 3. The highest BCUT2D eigenvalue weighted by Gasteiger charge is 2.32. The van der Waals surface area contributed by atoms with Crippen LogP contribution in [0, 0.1) is 5.92 Å². The van der Waals surface area contributed by atoms with Crippen molar-refractivity contribution in [3.8, 4) is 17.2 Å². The SMILES string of the molecule is COc1cc(OC)c([C@@H](O)[C@@H]2CC(=O)NN=C2C)cc1OC. The number of rotatable bonds is 5. The third-order valence-corrected chi connectivity index (χ3v) is 3.73. The molecule has 7 nitrogen and oxygen atoms in total. The molecular formula is C15H20N2O5. The zero-order chi connectivity index (χ0) is 16.3.